The molecule has 14 nitrogen and oxygen atoms in total. The molecule has 0 unspecified atom stereocenters. The number of fused-ring (bicyclic) bond motifs is 2. The van der Waals surface area contributed by atoms with Gasteiger partial charge in [-0.15, -0.1) is 0 Å². The van der Waals surface area contributed by atoms with Crippen molar-refractivity contribution in [3.05, 3.63) is 54.1 Å². The molecule has 2 fully saturated rings. The SMILES string of the molecule is CC(C)(CCCCOC(N)=O)CN(C[C@@H](O)[C@H](Cc1ccccc1)N(C(=O)O)[C@H]1CO[C@H]2OCC[C@H]21)S(=O)(=O)c1ccc2c(c1)OCO2. The molecule has 0 radical (unpaired) electrons. The fourth-order valence-corrected chi connectivity index (χ4v) is 8.40. The number of aliphatic hydroxyl groups is 1. The molecule has 0 bridgehead atoms. The molecule has 0 spiro atoms. The Labute approximate surface area is 280 Å². The van der Waals surface area contributed by atoms with Crippen LogP contribution in [0.5, 0.6) is 11.5 Å². The van der Waals surface area contributed by atoms with Crippen molar-refractivity contribution in [1.82, 2.24) is 9.21 Å². The van der Waals surface area contributed by atoms with Gasteiger partial charge in [0.2, 0.25) is 16.8 Å². The molecule has 264 valence electrons. The number of amides is 2. The van der Waals surface area contributed by atoms with E-state index in [1.165, 1.54) is 27.4 Å². The highest BCUT2D eigenvalue weighted by atomic mass is 32.2. The maximum atomic E-state index is 14.4. The van der Waals surface area contributed by atoms with Crippen LogP contribution >= 0.6 is 0 Å². The lowest BCUT2D eigenvalue weighted by Gasteiger charge is -2.40. The highest BCUT2D eigenvalue weighted by molar-refractivity contribution is 7.89. The van der Waals surface area contributed by atoms with Crippen LogP contribution in [0.25, 0.3) is 0 Å². The summed E-state index contributed by atoms with van der Waals surface area (Å²) in [6.07, 6.45) is -1.57. The lowest BCUT2D eigenvalue weighted by molar-refractivity contribution is -0.0906. The van der Waals surface area contributed by atoms with E-state index >= 15 is 0 Å². The van der Waals surface area contributed by atoms with Crippen LogP contribution in [0.3, 0.4) is 0 Å². The lowest BCUT2D eigenvalue weighted by atomic mass is 9.87. The summed E-state index contributed by atoms with van der Waals surface area (Å²) in [4.78, 5) is 25.1. The number of rotatable bonds is 16. The first kappa shape index (κ1) is 35.7. The average Bonchev–Trinajstić information content (AvgIpc) is 3.79. The maximum absolute atomic E-state index is 14.4. The molecule has 3 heterocycles. The molecule has 4 N–H and O–H groups in total. The molecule has 5 atom stereocenters. The van der Waals surface area contributed by atoms with Crippen LogP contribution in [-0.2, 0) is 30.7 Å². The summed E-state index contributed by atoms with van der Waals surface area (Å²) in [5.74, 6) is 0.503. The van der Waals surface area contributed by atoms with Crippen LogP contribution in [0.4, 0.5) is 9.59 Å². The van der Waals surface area contributed by atoms with Gasteiger partial charge >= 0.3 is 12.2 Å². The topological polar surface area (TPSA) is 187 Å². The fourth-order valence-electron chi connectivity index (χ4n) is 6.73. The zero-order chi connectivity index (χ0) is 34.5. The number of aliphatic hydroxyl groups excluding tert-OH is 1. The van der Waals surface area contributed by atoms with Crippen molar-refractivity contribution in [3.8, 4) is 11.5 Å². The second-order valence-electron chi connectivity index (χ2n) is 13.2. The number of sulfonamides is 1. The number of carbonyl (C=O) groups excluding carboxylic acids is 1. The molecular formula is C33H45N3O11S. The Morgan fingerprint density at radius 1 is 1.08 bits per heavy atom. The fraction of sp³-hybridized carbons (Fsp3) is 0.576. The molecule has 2 aromatic carbocycles. The van der Waals surface area contributed by atoms with Crippen molar-refractivity contribution < 1.29 is 51.9 Å². The molecule has 3 aliphatic rings. The summed E-state index contributed by atoms with van der Waals surface area (Å²) in [5.41, 5.74) is 5.25. The van der Waals surface area contributed by atoms with E-state index in [0.29, 0.717) is 43.8 Å². The van der Waals surface area contributed by atoms with Crippen molar-refractivity contribution in [1.29, 1.82) is 0 Å². The summed E-state index contributed by atoms with van der Waals surface area (Å²) < 4.78 is 57.1. The third-order valence-corrected chi connectivity index (χ3v) is 11.0. The van der Waals surface area contributed by atoms with E-state index in [4.69, 9.17) is 29.4 Å². The molecule has 0 saturated carbocycles. The summed E-state index contributed by atoms with van der Waals surface area (Å²) in [6, 6.07) is 11.9. The van der Waals surface area contributed by atoms with E-state index in [1.54, 1.807) is 0 Å². The number of hydrogen-bond donors (Lipinski definition) is 3. The van der Waals surface area contributed by atoms with Crippen molar-refractivity contribution in [2.75, 3.05) is 39.7 Å². The third-order valence-electron chi connectivity index (χ3n) is 9.14. The van der Waals surface area contributed by atoms with Gasteiger partial charge in [0.15, 0.2) is 17.8 Å². The van der Waals surface area contributed by atoms with Gasteiger partial charge in [-0.05, 0) is 55.2 Å². The van der Waals surface area contributed by atoms with Gasteiger partial charge in [0, 0.05) is 25.1 Å². The number of hydrogen-bond acceptors (Lipinski definition) is 10. The van der Waals surface area contributed by atoms with Crippen molar-refractivity contribution in [2.24, 2.45) is 17.1 Å². The number of benzene rings is 2. The number of nitrogens with zero attached hydrogens (tertiary/aromatic N) is 2. The summed E-state index contributed by atoms with van der Waals surface area (Å²) in [5, 5.41) is 22.6. The predicted octanol–water partition coefficient (Wildman–Crippen LogP) is 3.41. The van der Waals surface area contributed by atoms with Crippen molar-refractivity contribution >= 4 is 22.2 Å². The van der Waals surface area contributed by atoms with Gasteiger partial charge in [-0.3, -0.25) is 4.90 Å². The van der Waals surface area contributed by atoms with Crippen LogP contribution in [0, 0.1) is 11.3 Å². The smallest absolute Gasteiger partial charge is 0.407 e. The van der Waals surface area contributed by atoms with Crippen molar-refractivity contribution in [2.45, 2.75) is 75.3 Å². The van der Waals surface area contributed by atoms with Crippen molar-refractivity contribution in [3.63, 3.8) is 0 Å². The van der Waals surface area contributed by atoms with Gasteiger partial charge in [0.1, 0.15) is 0 Å². The van der Waals surface area contributed by atoms with Gasteiger partial charge in [-0.25, -0.2) is 18.0 Å². The predicted molar refractivity (Wildman–Crippen MR) is 172 cm³/mol. The van der Waals surface area contributed by atoms with E-state index in [0.717, 1.165) is 5.56 Å². The van der Waals surface area contributed by atoms with E-state index < -0.39 is 52.1 Å². The van der Waals surface area contributed by atoms with Gasteiger partial charge in [-0.1, -0.05) is 44.2 Å². The highest BCUT2D eigenvalue weighted by Crippen LogP contribution is 2.38. The summed E-state index contributed by atoms with van der Waals surface area (Å²) in [6.45, 7) is 4.11. The lowest BCUT2D eigenvalue weighted by Crippen LogP contribution is -2.58. The van der Waals surface area contributed by atoms with Gasteiger partial charge in [0.25, 0.3) is 0 Å². The Hall–Kier alpha value is -3.63. The van der Waals surface area contributed by atoms with E-state index in [-0.39, 0.29) is 50.3 Å². The first-order valence-corrected chi connectivity index (χ1v) is 17.6. The van der Waals surface area contributed by atoms with Crippen LogP contribution < -0.4 is 15.2 Å². The molecule has 2 amide bonds. The van der Waals surface area contributed by atoms with Crippen LogP contribution in [-0.4, -0.2) is 104 Å². The minimum atomic E-state index is -4.24. The van der Waals surface area contributed by atoms with Gasteiger partial charge in [0.05, 0.1) is 42.9 Å². The van der Waals surface area contributed by atoms with E-state index in [9.17, 15) is 28.2 Å². The van der Waals surface area contributed by atoms with Gasteiger partial charge < -0.3 is 39.6 Å². The molecule has 15 heteroatoms. The number of carboxylic acid groups (broad SMARTS) is 1. The molecular weight excluding hydrogens is 646 g/mol. The largest absolute Gasteiger partial charge is 0.465 e. The Bertz CT molecular complexity index is 1520. The minimum Gasteiger partial charge on any atom is -0.465 e. The van der Waals surface area contributed by atoms with Crippen LogP contribution in [0.2, 0.25) is 0 Å². The maximum Gasteiger partial charge on any atom is 0.407 e. The molecule has 2 aromatic rings. The second-order valence-corrected chi connectivity index (χ2v) is 15.1. The zero-order valence-electron chi connectivity index (χ0n) is 27.2. The zero-order valence-corrected chi connectivity index (χ0v) is 28.0. The third kappa shape index (κ3) is 8.50. The normalized spacial score (nSPS) is 21.5. The Morgan fingerprint density at radius 3 is 2.56 bits per heavy atom. The van der Waals surface area contributed by atoms with Crippen LogP contribution in [0.1, 0.15) is 45.1 Å². The Morgan fingerprint density at radius 2 is 1.83 bits per heavy atom. The first-order chi connectivity index (χ1) is 22.9. The Kier molecular flexibility index (Phi) is 11.4. The molecule has 48 heavy (non-hydrogen) atoms. The quantitative estimate of drug-likeness (QED) is 0.219. The molecule has 5 rings (SSSR count). The van der Waals surface area contributed by atoms with E-state index in [1.807, 2.05) is 44.2 Å². The first-order valence-electron chi connectivity index (χ1n) is 16.1. The summed E-state index contributed by atoms with van der Waals surface area (Å²) in [7, 11) is -4.24. The molecule has 3 aliphatic heterocycles. The number of primary amides is 1. The number of ether oxygens (including phenoxy) is 5. The number of carbonyl (C=O) groups is 2. The Balaban J connectivity index is 1.45. The number of nitrogens with two attached hydrogens (primary N) is 1. The van der Waals surface area contributed by atoms with Gasteiger partial charge in [-0.2, -0.15) is 4.31 Å². The molecule has 0 aromatic heterocycles. The minimum absolute atomic E-state index is 0.00766. The van der Waals surface area contributed by atoms with E-state index in [2.05, 4.69) is 0 Å². The average molecular weight is 692 g/mol. The van der Waals surface area contributed by atoms with Crippen LogP contribution in [0.15, 0.2) is 53.4 Å². The molecule has 0 aliphatic carbocycles. The standard InChI is InChI=1S/C33H45N3O11S/c1-33(2,13-6-7-14-44-31(34)38)20-35(48(41,42)23-10-11-28-29(17-23)47-21-46-28)18-27(37)25(16-22-8-4-3-5-9-22)36(32(39)40)26-19-45-30-24(26)12-15-43-30/h3-5,8-11,17,24-27,30,37H,6-7,12-16,18-21H2,1-2H3,(H2,34,38)(H,39,40)/t24-,25-,26-,27+,30+/m0/s1. The second kappa shape index (κ2) is 15.3. The highest BCUT2D eigenvalue weighted by Gasteiger charge is 2.49. The monoisotopic (exact) mass is 691 g/mol. The summed E-state index contributed by atoms with van der Waals surface area (Å²) >= 11 is 0. The number of unbranched alkanes of at least 4 members (excludes halogenated alkanes) is 1. The molecule has 2 saturated heterocycles.